The van der Waals surface area contributed by atoms with Gasteiger partial charge in [0.1, 0.15) is 10.1 Å². The molecule has 1 aromatic carbocycles. The molecular weight excluding hydrogens is 398 g/mol. The molecule has 1 aromatic rings. The van der Waals surface area contributed by atoms with E-state index in [-0.39, 0.29) is 93.1 Å². The van der Waals surface area contributed by atoms with Crippen molar-refractivity contribution in [3.63, 3.8) is 0 Å². The van der Waals surface area contributed by atoms with Crippen molar-refractivity contribution >= 4 is 16.1 Å². The van der Waals surface area contributed by atoms with E-state index in [1.165, 1.54) is 7.11 Å². The third kappa shape index (κ3) is 4.75. The van der Waals surface area contributed by atoms with Crippen molar-refractivity contribution in [3.05, 3.63) is 28.8 Å². The van der Waals surface area contributed by atoms with Gasteiger partial charge in [-0.1, -0.05) is 33.3 Å². The molecule has 0 radical (unpaired) electrons. The van der Waals surface area contributed by atoms with Gasteiger partial charge >= 0.3 is 65.1 Å². The minimum absolute atomic E-state index is 0. The zero-order chi connectivity index (χ0) is 19.3. The van der Waals surface area contributed by atoms with Crippen LogP contribution in [0.25, 0.3) is 0 Å². The normalized spacial score (nSPS) is 26.4. The van der Waals surface area contributed by atoms with E-state index in [9.17, 15) is 17.8 Å². The monoisotopic (exact) mass is 425 g/mol. The first-order valence-electron chi connectivity index (χ1n) is 9.30. The molecule has 0 aliphatic heterocycles. The van der Waals surface area contributed by atoms with Crippen LogP contribution < -0.4 is 59.1 Å². The molecule has 3 rings (SSSR count). The van der Waals surface area contributed by atoms with Crippen LogP contribution in [0, 0.1) is 11.8 Å². The van der Waals surface area contributed by atoms with Gasteiger partial charge in [-0.15, -0.1) is 0 Å². The van der Waals surface area contributed by atoms with E-state index in [1.807, 2.05) is 19.9 Å². The molecular formula is C20H27Na2O5S+. The molecule has 0 heterocycles. The topological polar surface area (TPSA) is 83.5 Å². The van der Waals surface area contributed by atoms with Crippen LogP contribution in [0.1, 0.15) is 69.1 Å². The van der Waals surface area contributed by atoms with E-state index in [0.717, 1.165) is 43.2 Å². The van der Waals surface area contributed by atoms with Gasteiger partial charge in [0.05, 0.1) is 17.9 Å². The molecule has 3 atom stereocenters. The SMILES string of the molecule is COC(=O)C1CCCC2(C)c3cc(S(=O)(=O)[O-])c(C(C)C)cc3CCC12.[Na+].[Na+]. The molecule has 2 aliphatic rings. The molecule has 2 aliphatic carbocycles. The van der Waals surface area contributed by atoms with Crippen LogP contribution in [0.4, 0.5) is 0 Å². The van der Waals surface area contributed by atoms with Crippen LogP contribution in [-0.2, 0) is 31.5 Å². The number of hydrogen-bond acceptors (Lipinski definition) is 5. The second kappa shape index (κ2) is 9.82. The van der Waals surface area contributed by atoms with Crippen LogP contribution in [0.2, 0.25) is 0 Å². The Hall–Kier alpha value is 0.600. The first kappa shape index (κ1) is 26.6. The van der Waals surface area contributed by atoms with Crippen molar-refractivity contribution in [2.45, 2.75) is 69.1 Å². The maximum absolute atomic E-state index is 12.3. The summed E-state index contributed by atoms with van der Waals surface area (Å²) in [5.74, 6) is -0.272. The number of rotatable bonds is 3. The van der Waals surface area contributed by atoms with E-state index < -0.39 is 10.1 Å². The number of methoxy groups -OCH3 is 1. The molecule has 0 N–H and O–H groups in total. The molecule has 0 aromatic heterocycles. The molecule has 8 heteroatoms. The maximum Gasteiger partial charge on any atom is 1.00 e. The number of carbonyl (C=O) groups is 1. The number of esters is 1. The summed E-state index contributed by atoms with van der Waals surface area (Å²) in [7, 11) is -3.13. The first-order chi connectivity index (χ1) is 12.1. The molecule has 144 valence electrons. The third-order valence-corrected chi connectivity index (χ3v) is 7.38. The summed E-state index contributed by atoms with van der Waals surface area (Å²) in [6.45, 7) is 5.91. The molecule has 0 spiro atoms. The Kier molecular flexibility index (Phi) is 9.34. The van der Waals surface area contributed by atoms with Crippen molar-refractivity contribution in [1.29, 1.82) is 0 Å². The zero-order valence-electron chi connectivity index (χ0n) is 17.9. The van der Waals surface area contributed by atoms with Crippen molar-refractivity contribution in [3.8, 4) is 0 Å². The summed E-state index contributed by atoms with van der Waals surface area (Å²) in [6.07, 6.45) is 4.25. The van der Waals surface area contributed by atoms with E-state index in [4.69, 9.17) is 4.74 Å². The van der Waals surface area contributed by atoms with Crippen LogP contribution in [0.5, 0.6) is 0 Å². The smallest absolute Gasteiger partial charge is 0.744 e. The summed E-state index contributed by atoms with van der Waals surface area (Å²) >= 11 is 0. The van der Waals surface area contributed by atoms with Gasteiger partial charge in [-0.05, 0) is 65.7 Å². The van der Waals surface area contributed by atoms with E-state index in [0.29, 0.717) is 5.56 Å². The number of fused-ring (bicyclic) bond motifs is 3. The van der Waals surface area contributed by atoms with Crippen molar-refractivity contribution in [2.75, 3.05) is 7.11 Å². The number of hydrogen-bond donors (Lipinski definition) is 0. The van der Waals surface area contributed by atoms with E-state index in [1.54, 1.807) is 6.07 Å². The van der Waals surface area contributed by atoms with Crippen LogP contribution >= 0.6 is 0 Å². The predicted octanol–water partition coefficient (Wildman–Crippen LogP) is -2.48. The Morgan fingerprint density at radius 2 is 1.89 bits per heavy atom. The fourth-order valence-electron chi connectivity index (χ4n) is 5.17. The van der Waals surface area contributed by atoms with Gasteiger partial charge in [0.25, 0.3) is 0 Å². The summed E-state index contributed by atoms with van der Waals surface area (Å²) in [4.78, 5) is 12.2. The Morgan fingerprint density at radius 1 is 1.25 bits per heavy atom. The molecule has 5 nitrogen and oxygen atoms in total. The molecule has 1 saturated carbocycles. The van der Waals surface area contributed by atoms with Gasteiger partial charge in [-0.25, -0.2) is 8.42 Å². The summed E-state index contributed by atoms with van der Waals surface area (Å²) in [6, 6.07) is 3.52. The zero-order valence-corrected chi connectivity index (χ0v) is 22.7. The molecule has 0 bridgehead atoms. The maximum atomic E-state index is 12.3. The first-order valence-corrected chi connectivity index (χ1v) is 10.7. The Morgan fingerprint density at radius 3 is 2.43 bits per heavy atom. The van der Waals surface area contributed by atoms with Crippen LogP contribution in [0.15, 0.2) is 17.0 Å². The van der Waals surface area contributed by atoms with Crippen LogP contribution in [0.3, 0.4) is 0 Å². The Labute approximate surface area is 212 Å². The summed E-state index contributed by atoms with van der Waals surface area (Å²) < 4.78 is 40.7. The molecule has 0 amide bonds. The third-order valence-electron chi connectivity index (χ3n) is 6.49. The van der Waals surface area contributed by atoms with Gasteiger partial charge in [0, 0.05) is 0 Å². The fraction of sp³-hybridized carbons (Fsp3) is 0.650. The van der Waals surface area contributed by atoms with Crippen molar-refractivity contribution in [1.82, 2.24) is 0 Å². The van der Waals surface area contributed by atoms with Crippen molar-refractivity contribution in [2.24, 2.45) is 11.8 Å². The standard InChI is InChI=1S/C20H28O5S.2Na/c1-12(2)15-10-13-7-8-16-14(19(21)25-4)6-5-9-20(16,3)17(13)11-18(15)26(22,23)24;;/h10-12,14,16H,5-9H2,1-4H3,(H,22,23,24);;/q;2*+1/p-1. The number of ether oxygens (including phenoxy) is 1. The van der Waals surface area contributed by atoms with Gasteiger partial charge in [0.15, 0.2) is 0 Å². The van der Waals surface area contributed by atoms with Gasteiger partial charge in [-0.3, -0.25) is 4.79 Å². The molecule has 3 unspecified atom stereocenters. The summed E-state index contributed by atoms with van der Waals surface area (Å²) in [5, 5.41) is 0. The Balaban J connectivity index is 0.00000196. The van der Waals surface area contributed by atoms with E-state index >= 15 is 0 Å². The molecule has 28 heavy (non-hydrogen) atoms. The average molecular weight is 425 g/mol. The van der Waals surface area contributed by atoms with Crippen LogP contribution in [-0.4, -0.2) is 26.0 Å². The van der Waals surface area contributed by atoms with Gasteiger partial charge in [0.2, 0.25) is 0 Å². The Bertz CT molecular complexity index is 837. The van der Waals surface area contributed by atoms with Gasteiger partial charge in [-0.2, -0.15) is 0 Å². The average Bonchev–Trinajstić information content (AvgIpc) is 2.58. The van der Waals surface area contributed by atoms with Gasteiger partial charge < -0.3 is 9.29 Å². The quantitative estimate of drug-likeness (QED) is 0.304. The number of aryl methyl sites for hydroxylation is 1. The number of carbonyl (C=O) groups excluding carboxylic acids is 1. The minimum Gasteiger partial charge on any atom is -0.744 e. The molecule has 0 saturated heterocycles. The minimum atomic E-state index is -4.55. The largest absolute Gasteiger partial charge is 1.00 e. The summed E-state index contributed by atoms with van der Waals surface area (Å²) in [5.41, 5.74) is 2.34. The number of benzene rings is 1. The second-order valence-corrected chi connectivity index (χ2v) is 9.59. The predicted molar refractivity (Wildman–Crippen MR) is 97.0 cm³/mol. The van der Waals surface area contributed by atoms with E-state index in [2.05, 4.69) is 6.92 Å². The van der Waals surface area contributed by atoms with Crippen molar-refractivity contribution < 1.29 is 81.6 Å². The second-order valence-electron chi connectivity index (χ2n) is 8.24. The fourth-order valence-corrected chi connectivity index (χ4v) is 6.01. The molecule has 1 fully saturated rings.